The van der Waals surface area contributed by atoms with Gasteiger partial charge in [-0.25, -0.2) is 0 Å². The quantitative estimate of drug-likeness (QED) is 0.627. The Morgan fingerprint density at radius 3 is 2.44 bits per heavy atom. The normalized spacial score (nSPS) is 11.6. The van der Waals surface area contributed by atoms with Crippen molar-refractivity contribution in [2.75, 3.05) is 26.2 Å². The van der Waals surface area contributed by atoms with Crippen molar-refractivity contribution in [3.63, 3.8) is 0 Å². The molecule has 0 spiro atoms. The van der Waals surface area contributed by atoms with E-state index in [0.29, 0.717) is 19.5 Å². The average molecular weight is 258 g/mol. The van der Waals surface area contributed by atoms with Crippen molar-refractivity contribution in [3.05, 3.63) is 0 Å². The molecule has 0 saturated heterocycles. The van der Waals surface area contributed by atoms with Gasteiger partial charge in [0.25, 0.3) is 0 Å². The second-order valence-electron chi connectivity index (χ2n) is 5.66. The minimum Gasteiger partial charge on any atom is -0.395 e. The molecule has 0 heterocycles. The molecule has 3 N–H and O–H groups in total. The van der Waals surface area contributed by atoms with E-state index >= 15 is 0 Å². The monoisotopic (exact) mass is 258 g/mol. The van der Waals surface area contributed by atoms with Gasteiger partial charge >= 0.3 is 0 Å². The third-order valence-electron chi connectivity index (χ3n) is 3.34. The van der Waals surface area contributed by atoms with Crippen molar-refractivity contribution in [2.24, 2.45) is 11.1 Å². The maximum Gasteiger partial charge on any atom is 0.222 e. The lowest BCUT2D eigenvalue weighted by atomic mass is 9.84. The minimum absolute atomic E-state index is 0.0433. The summed E-state index contributed by atoms with van der Waals surface area (Å²) in [6.45, 7) is 8.32. The van der Waals surface area contributed by atoms with Crippen LogP contribution in [0, 0.1) is 5.41 Å². The summed E-state index contributed by atoms with van der Waals surface area (Å²) < 4.78 is 0. The summed E-state index contributed by atoms with van der Waals surface area (Å²) in [5.41, 5.74) is 5.69. The second-order valence-corrected chi connectivity index (χ2v) is 5.66. The Morgan fingerprint density at radius 2 is 1.94 bits per heavy atom. The molecule has 0 bridgehead atoms. The van der Waals surface area contributed by atoms with Crippen LogP contribution in [0.1, 0.15) is 52.9 Å². The summed E-state index contributed by atoms with van der Waals surface area (Å²) in [6, 6.07) is 0. The maximum atomic E-state index is 12.1. The van der Waals surface area contributed by atoms with Crippen LogP contribution >= 0.6 is 0 Å². The highest BCUT2D eigenvalue weighted by Crippen LogP contribution is 2.26. The zero-order valence-corrected chi connectivity index (χ0v) is 12.2. The van der Waals surface area contributed by atoms with E-state index in [-0.39, 0.29) is 17.9 Å². The van der Waals surface area contributed by atoms with E-state index in [1.165, 1.54) is 0 Å². The van der Waals surface area contributed by atoms with Gasteiger partial charge in [-0.2, -0.15) is 0 Å². The van der Waals surface area contributed by atoms with Crippen molar-refractivity contribution in [3.8, 4) is 0 Å². The number of aliphatic hydroxyl groups is 1. The molecule has 0 aliphatic rings. The number of unbranched alkanes of at least 4 members (excludes halogenated alkanes) is 1. The van der Waals surface area contributed by atoms with E-state index in [1.54, 1.807) is 4.90 Å². The molecule has 4 heteroatoms. The van der Waals surface area contributed by atoms with Gasteiger partial charge in [0, 0.05) is 19.5 Å². The Kier molecular flexibility index (Phi) is 9.02. The van der Waals surface area contributed by atoms with Crippen molar-refractivity contribution in [1.82, 2.24) is 4.90 Å². The first-order valence-corrected chi connectivity index (χ1v) is 7.05. The summed E-state index contributed by atoms with van der Waals surface area (Å²) in [5, 5.41) is 8.99. The Balaban J connectivity index is 4.16. The number of aliphatic hydroxyl groups excluding tert-OH is 1. The van der Waals surface area contributed by atoms with E-state index in [0.717, 1.165) is 32.2 Å². The van der Waals surface area contributed by atoms with Gasteiger partial charge in [0.05, 0.1) is 6.61 Å². The number of hydrogen-bond acceptors (Lipinski definition) is 3. The fourth-order valence-electron chi connectivity index (χ4n) is 1.95. The van der Waals surface area contributed by atoms with Crippen LogP contribution in [0.5, 0.6) is 0 Å². The second kappa shape index (κ2) is 9.34. The Morgan fingerprint density at radius 1 is 1.28 bits per heavy atom. The van der Waals surface area contributed by atoms with Crippen LogP contribution in [0.4, 0.5) is 0 Å². The number of carbonyl (C=O) groups is 1. The van der Waals surface area contributed by atoms with Crippen LogP contribution < -0.4 is 5.73 Å². The number of hydrogen-bond donors (Lipinski definition) is 2. The molecule has 4 nitrogen and oxygen atoms in total. The Bertz CT molecular complexity index is 230. The Hall–Kier alpha value is -0.610. The zero-order valence-electron chi connectivity index (χ0n) is 12.2. The smallest absolute Gasteiger partial charge is 0.222 e. The molecule has 0 aliphatic heterocycles. The highest BCUT2D eigenvalue weighted by Gasteiger charge is 2.20. The van der Waals surface area contributed by atoms with E-state index in [1.807, 2.05) is 0 Å². The SMILES string of the molecule is CCCCN(CCO)C(=O)CCC(C)(C)CCN. The van der Waals surface area contributed by atoms with Crippen LogP contribution in [0.3, 0.4) is 0 Å². The summed E-state index contributed by atoms with van der Waals surface area (Å²) in [5.74, 6) is 0.155. The summed E-state index contributed by atoms with van der Waals surface area (Å²) in [7, 11) is 0. The van der Waals surface area contributed by atoms with Crippen molar-refractivity contribution in [2.45, 2.75) is 52.9 Å². The van der Waals surface area contributed by atoms with Gasteiger partial charge in [-0.3, -0.25) is 4.79 Å². The van der Waals surface area contributed by atoms with Crippen LogP contribution in [0.25, 0.3) is 0 Å². The molecule has 0 rings (SSSR count). The van der Waals surface area contributed by atoms with E-state index < -0.39 is 0 Å². The van der Waals surface area contributed by atoms with Crippen LogP contribution in [-0.4, -0.2) is 42.2 Å². The molecule has 0 unspecified atom stereocenters. The molecule has 0 fully saturated rings. The Labute approximate surface area is 112 Å². The van der Waals surface area contributed by atoms with E-state index in [4.69, 9.17) is 10.8 Å². The van der Waals surface area contributed by atoms with Gasteiger partial charge in [0.1, 0.15) is 0 Å². The van der Waals surface area contributed by atoms with Gasteiger partial charge in [0.2, 0.25) is 5.91 Å². The number of rotatable bonds is 10. The molecule has 0 aromatic carbocycles. The fraction of sp³-hybridized carbons (Fsp3) is 0.929. The first-order valence-electron chi connectivity index (χ1n) is 7.05. The van der Waals surface area contributed by atoms with Crippen molar-refractivity contribution < 1.29 is 9.90 Å². The molecule has 108 valence electrons. The van der Waals surface area contributed by atoms with Gasteiger partial charge in [-0.1, -0.05) is 27.2 Å². The van der Waals surface area contributed by atoms with Crippen LogP contribution in [0.15, 0.2) is 0 Å². The number of carbonyl (C=O) groups excluding carboxylic acids is 1. The molecule has 1 amide bonds. The molecule has 0 radical (unpaired) electrons. The third kappa shape index (κ3) is 7.67. The van der Waals surface area contributed by atoms with Gasteiger partial charge in [0.15, 0.2) is 0 Å². The molecule has 0 aliphatic carbocycles. The standard InChI is InChI=1S/C14H30N2O2/c1-4-5-10-16(11-12-17)13(18)6-7-14(2,3)8-9-15/h17H,4-12,15H2,1-3H3. The van der Waals surface area contributed by atoms with Crippen molar-refractivity contribution in [1.29, 1.82) is 0 Å². The van der Waals surface area contributed by atoms with E-state index in [9.17, 15) is 4.79 Å². The van der Waals surface area contributed by atoms with Crippen LogP contribution in [-0.2, 0) is 4.79 Å². The zero-order chi connectivity index (χ0) is 14.0. The predicted octanol–water partition coefficient (Wildman–Crippen LogP) is 1.76. The van der Waals surface area contributed by atoms with E-state index in [2.05, 4.69) is 20.8 Å². The van der Waals surface area contributed by atoms with Gasteiger partial charge in [-0.15, -0.1) is 0 Å². The maximum absolute atomic E-state index is 12.1. The highest BCUT2D eigenvalue weighted by atomic mass is 16.3. The largest absolute Gasteiger partial charge is 0.395 e. The lowest BCUT2D eigenvalue weighted by Crippen LogP contribution is -2.35. The average Bonchev–Trinajstić information content (AvgIpc) is 2.31. The van der Waals surface area contributed by atoms with Gasteiger partial charge in [-0.05, 0) is 31.2 Å². The predicted molar refractivity (Wildman–Crippen MR) is 75.3 cm³/mol. The molecule has 0 saturated carbocycles. The topological polar surface area (TPSA) is 66.6 Å². The molecular formula is C14H30N2O2. The van der Waals surface area contributed by atoms with Gasteiger partial charge < -0.3 is 15.7 Å². The molecule has 18 heavy (non-hydrogen) atoms. The molecule has 0 atom stereocenters. The lowest BCUT2D eigenvalue weighted by molar-refractivity contribution is -0.132. The van der Waals surface area contributed by atoms with Crippen LogP contribution in [0.2, 0.25) is 0 Å². The first-order chi connectivity index (χ1) is 8.46. The fourth-order valence-corrected chi connectivity index (χ4v) is 1.95. The highest BCUT2D eigenvalue weighted by molar-refractivity contribution is 5.76. The first kappa shape index (κ1) is 17.4. The molecule has 0 aromatic rings. The molecule has 0 aromatic heterocycles. The number of amides is 1. The number of nitrogens with two attached hydrogens (primary N) is 1. The number of nitrogens with zero attached hydrogens (tertiary/aromatic N) is 1. The lowest BCUT2D eigenvalue weighted by Gasteiger charge is -2.26. The summed E-state index contributed by atoms with van der Waals surface area (Å²) >= 11 is 0. The summed E-state index contributed by atoms with van der Waals surface area (Å²) in [4.78, 5) is 13.9. The third-order valence-corrected chi connectivity index (χ3v) is 3.34. The minimum atomic E-state index is 0.0433. The van der Waals surface area contributed by atoms with Crippen molar-refractivity contribution >= 4 is 5.91 Å². The summed E-state index contributed by atoms with van der Waals surface area (Å²) in [6.07, 6.45) is 4.41. The molecular weight excluding hydrogens is 228 g/mol.